The Bertz CT molecular complexity index is 574. The van der Waals surface area contributed by atoms with Gasteiger partial charge in [-0.3, -0.25) is 9.59 Å². The molecule has 1 atom stereocenters. The average molecular weight is 319 g/mol. The van der Waals surface area contributed by atoms with Crippen molar-refractivity contribution in [3.8, 4) is 0 Å². The summed E-state index contributed by atoms with van der Waals surface area (Å²) in [6.45, 7) is 4.37. The lowest BCUT2D eigenvalue weighted by molar-refractivity contribution is -0.120. The van der Waals surface area contributed by atoms with Crippen molar-refractivity contribution < 1.29 is 19.1 Å². The van der Waals surface area contributed by atoms with Gasteiger partial charge in [-0.1, -0.05) is 18.2 Å². The largest absolute Gasteiger partial charge is 0.442 e. The second-order valence-electron chi connectivity index (χ2n) is 5.60. The Hall–Kier alpha value is -2.57. The first kappa shape index (κ1) is 16.8. The van der Waals surface area contributed by atoms with Crippen LogP contribution in [0.5, 0.6) is 0 Å². The van der Waals surface area contributed by atoms with Crippen molar-refractivity contribution in [2.24, 2.45) is 0 Å². The van der Waals surface area contributed by atoms with Crippen molar-refractivity contribution in [2.75, 3.05) is 19.6 Å². The van der Waals surface area contributed by atoms with E-state index in [1.54, 1.807) is 29.2 Å². The summed E-state index contributed by atoms with van der Waals surface area (Å²) in [5, 5.41) is 5.19. The van der Waals surface area contributed by atoms with Gasteiger partial charge in [-0.05, 0) is 26.0 Å². The molecular weight excluding hydrogens is 298 g/mol. The number of amides is 3. The SMILES string of the molecule is CC(C)N1CC(CNC(=O)CNC(=O)c2ccccc2)OC1=O. The Balaban J connectivity index is 1.70. The van der Waals surface area contributed by atoms with Crippen LogP contribution >= 0.6 is 0 Å². The van der Waals surface area contributed by atoms with Crippen LogP contribution in [0.25, 0.3) is 0 Å². The van der Waals surface area contributed by atoms with Gasteiger partial charge in [0.2, 0.25) is 5.91 Å². The molecule has 3 amide bonds. The maximum Gasteiger partial charge on any atom is 0.410 e. The first-order valence-corrected chi connectivity index (χ1v) is 7.54. The van der Waals surface area contributed by atoms with Gasteiger partial charge < -0.3 is 20.3 Å². The van der Waals surface area contributed by atoms with Gasteiger partial charge in [0.05, 0.1) is 19.6 Å². The highest BCUT2D eigenvalue weighted by molar-refractivity contribution is 5.96. The second kappa shape index (κ2) is 7.62. The van der Waals surface area contributed by atoms with Crippen molar-refractivity contribution in [2.45, 2.75) is 26.0 Å². The summed E-state index contributed by atoms with van der Waals surface area (Å²) in [5.41, 5.74) is 0.498. The Kier molecular flexibility index (Phi) is 5.56. The minimum absolute atomic E-state index is 0.0633. The molecule has 23 heavy (non-hydrogen) atoms. The maximum absolute atomic E-state index is 11.8. The molecule has 1 heterocycles. The predicted octanol–water partition coefficient (Wildman–Crippen LogP) is 0.762. The van der Waals surface area contributed by atoms with Gasteiger partial charge in [0.1, 0.15) is 6.10 Å². The highest BCUT2D eigenvalue weighted by Gasteiger charge is 2.32. The van der Waals surface area contributed by atoms with Crippen LogP contribution in [0, 0.1) is 0 Å². The highest BCUT2D eigenvalue weighted by Crippen LogP contribution is 2.13. The number of rotatable bonds is 6. The minimum atomic E-state index is -0.364. The van der Waals surface area contributed by atoms with Gasteiger partial charge in [0, 0.05) is 11.6 Å². The number of carbonyl (C=O) groups is 3. The van der Waals surface area contributed by atoms with Crippen LogP contribution in [0.2, 0.25) is 0 Å². The fourth-order valence-corrected chi connectivity index (χ4v) is 2.21. The molecular formula is C16H21N3O4. The van der Waals surface area contributed by atoms with E-state index in [1.165, 1.54) is 0 Å². The second-order valence-corrected chi connectivity index (χ2v) is 5.60. The van der Waals surface area contributed by atoms with Gasteiger partial charge >= 0.3 is 6.09 Å². The molecule has 7 heteroatoms. The standard InChI is InChI=1S/C16H21N3O4/c1-11(2)19-10-13(23-16(19)22)8-17-14(20)9-18-15(21)12-6-4-3-5-7-12/h3-7,11,13H,8-10H2,1-2H3,(H,17,20)(H,18,21). The van der Waals surface area contributed by atoms with E-state index < -0.39 is 0 Å². The van der Waals surface area contributed by atoms with Crippen LogP contribution in [-0.2, 0) is 9.53 Å². The van der Waals surface area contributed by atoms with Crippen LogP contribution < -0.4 is 10.6 Å². The molecule has 0 aliphatic carbocycles. The van der Waals surface area contributed by atoms with E-state index in [2.05, 4.69) is 10.6 Å². The molecule has 1 fully saturated rings. The number of cyclic esters (lactones) is 1. The molecule has 0 radical (unpaired) electrons. The van der Waals surface area contributed by atoms with Gasteiger partial charge in [0.15, 0.2) is 0 Å². The van der Waals surface area contributed by atoms with E-state index in [0.717, 1.165) is 0 Å². The van der Waals surface area contributed by atoms with E-state index in [4.69, 9.17) is 4.74 Å². The number of carbonyl (C=O) groups excluding carboxylic acids is 3. The molecule has 0 aromatic heterocycles. The average Bonchev–Trinajstić information content (AvgIpc) is 2.92. The molecule has 2 rings (SSSR count). The number of hydrogen-bond donors (Lipinski definition) is 2. The number of hydrogen-bond acceptors (Lipinski definition) is 4. The summed E-state index contributed by atoms with van der Waals surface area (Å²) in [7, 11) is 0. The number of nitrogens with one attached hydrogen (secondary N) is 2. The monoisotopic (exact) mass is 319 g/mol. The van der Waals surface area contributed by atoms with E-state index in [1.807, 2.05) is 19.9 Å². The third-order valence-corrected chi connectivity index (χ3v) is 3.50. The van der Waals surface area contributed by atoms with Gasteiger partial charge in [-0.15, -0.1) is 0 Å². The fraction of sp³-hybridized carbons (Fsp3) is 0.438. The molecule has 1 aliphatic heterocycles. The summed E-state index contributed by atoms with van der Waals surface area (Å²) < 4.78 is 5.17. The third kappa shape index (κ3) is 4.70. The Morgan fingerprint density at radius 2 is 1.96 bits per heavy atom. The Morgan fingerprint density at radius 1 is 1.26 bits per heavy atom. The smallest absolute Gasteiger partial charge is 0.410 e. The number of benzene rings is 1. The Morgan fingerprint density at radius 3 is 2.57 bits per heavy atom. The zero-order valence-corrected chi connectivity index (χ0v) is 13.2. The normalized spacial score (nSPS) is 17.1. The van der Waals surface area contributed by atoms with Crippen molar-refractivity contribution in [1.29, 1.82) is 0 Å². The molecule has 0 bridgehead atoms. The predicted molar refractivity (Wildman–Crippen MR) is 83.9 cm³/mol. The quantitative estimate of drug-likeness (QED) is 0.810. The van der Waals surface area contributed by atoms with E-state index in [9.17, 15) is 14.4 Å². The number of nitrogens with zero attached hydrogens (tertiary/aromatic N) is 1. The third-order valence-electron chi connectivity index (χ3n) is 3.50. The van der Waals surface area contributed by atoms with Crippen LogP contribution in [-0.4, -0.2) is 54.6 Å². The lowest BCUT2D eigenvalue weighted by atomic mass is 10.2. The summed E-state index contributed by atoms with van der Waals surface area (Å²) in [6, 6.07) is 8.73. The molecule has 0 saturated carbocycles. The molecule has 2 N–H and O–H groups in total. The maximum atomic E-state index is 11.8. The Labute approximate surface area is 135 Å². The lowest BCUT2D eigenvalue weighted by Gasteiger charge is -2.16. The van der Waals surface area contributed by atoms with Crippen molar-refractivity contribution in [3.05, 3.63) is 35.9 Å². The van der Waals surface area contributed by atoms with E-state index >= 15 is 0 Å². The van der Waals surface area contributed by atoms with Crippen LogP contribution in [0.1, 0.15) is 24.2 Å². The summed E-state index contributed by atoms with van der Waals surface area (Å²) in [5.74, 6) is -0.632. The molecule has 1 aliphatic rings. The first-order chi connectivity index (χ1) is 11.0. The topological polar surface area (TPSA) is 87.7 Å². The van der Waals surface area contributed by atoms with Crippen LogP contribution in [0.3, 0.4) is 0 Å². The summed E-state index contributed by atoms with van der Waals surface area (Å²) in [6.07, 6.45) is -0.727. The first-order valence-electron chi connectivity index (χ1n) is 7.54. The van der Waals surface area contributed by atoms with Crippen molar-refractivity contribution in [1.82, 2.24) is 15.5 Å². The van der Waals surface area contributed by atoms with Crippen LogP contribution in [0.15, 0.2) is 30.3 Å². The van der Waals surface area contributed by atoms with Gasteiger partial charge in [0.25, 0.3) is 5.91 Å². The van der Waals surface area contributed by atoms with E-state index in [-0.39, 0.29) is 43.1 Å². The van der Waals surface area contributed by atoms with Crippen LogP contribution in [0.4, 0.5) is 4.79 Å². The molecule has 7 nitrogen and oxygen atoms in total. The molecule has 1 saturated heterocycles. The fourth-order valence-electron chi connectivity index (χ4n) is 2.21. The molecule has 124 valence electrons. The lowest BCUT2D eigenvalue weighted by Crippen LogP contribution is -2.41. The van der Waals surface area contributed by atoms with E-state index in [0.29, 0.717) is 12.1 Å². The van der Waals surface area contributed by atoms with Gasteiger partial charge in [-0.25, -0.2) is 4.79 Å². The zero-order chi connectivity index (χ0) is 16.8. The number of ether oxygens (including phenoxy) is 1. The molecule has 1 aromatic rings. The molecule has 1 unspecified atom stereocenters. The molecule has 0 spiro atoms. The summed E-state index contributed by atoms with van der Waals surface area (Å²) in [4.78, 5) is 36.7. The van der Waals surface area contributed by atoms with Crippen molar-refractivity contribution in [3.63, 3.8) is 0 Å². The van der Waals surface area contributed by atoms with Crippen molar-refractivity contribution >= 4 is 17.9 Å². The minimum Gasteiger partial charge on any atom is -0.442 e. The summed E-state index contributed by atoms with van der Waals surface area (Å²) >= 11 is 0. The highest BCUT2D eigenvalue weighted by atomic mass is 16.6. The zero-order valence-electron chi connectivity index (χ0n) is 13.2. The van der Waals surface area contributed by atoms with Gasteiger partial charge in [-0.2, -0.15) is 0 Å². The molecule has 1 aromatic carbocycles.